The Morgan fingerprint density at radius 1 is 1.23 bits per heavy atom. The molecule has 30 heavy (non-hydrogen) atoms. The van der Waals surface area contributed by atoms with Crippen LogP contribution in [-0.2, 0) is 22.6 Å². The molecule has 1 amide bonds. The lowest BCUT2D eigenvalue weighted by molar-refractivity contribution is -0.141. The Hall–Kier alpha value is -2.59. The third kappa shape index (κ3) is 6.74. The molecule has 0 bridgehead atoms. The van der Waals surface area contributed by atoms with Crippen molar-refractivity contribution in [2.75, 3.05) is 50.1 Å². The summed E-state index contributed by atoms with van der Waals surface area (Å²) in [5.74, 6) is 0.161. The van der Waals surface area contributed by atoms with Crippen molar-refractivity contribution in [3.63, 3.8) is 0 Å². The summed E-state index contributed by atoms with van der Waals surface area (Å²) >= 11 is 0. The fourth-order valence-corrected chi connectivity index (χ4v) is 3.24. The summed E-state index contributed by atoms with van der Waals surface area (Å²) in [4.78, 5) is 20.2. The Kier molecular flexibility index (Phi) is 7.33. The maximum atomic E-state index is 12.6. The maximum Gasteiger partial charge on any atom is 0.406 e. The van der Waals surface area contributed by atoms with E-state index in [9.17, 15) is 18.0 Å². The number of halogens is 3. The zero-order valence-electron chi connectivity index (χ0n) is 16.9. The van der Waals surface area contributed by atoms with Gasteiger partial charge in [0.2, 0.25) is 5.91 Å². The van der Waals surface area contributed by atoms with Crippen LogP contribution in [0, 0.1) is 0 Å². The van der Waals surface area contributed by atoms with Crippen LogP contribution in [0.1, 0.15) is 12.2 Å². The minimum Gasteiger partial charge on any atom is -0.378 e. The summed E-state index contributed by atoms with van der Waals surface area (Å²) in [5, 5.41) is 2.85. The van der Waals surface area contributed by atoms with Crippen LogP contribution in [0.4, 0.5) is 24.5 Å². The van der Waals surface area contributed by atoms with Gasteiger partial charge < -0.3 is 19.5 Å². The van der Waals surface area contributed by atoms with Crippen molar-refractivity contribution in [2.24, 2.45) is 0 Å². The van der Waals surface area contributed by atoms with Crippen LogP contribution in [0.15, 0.2) is 36.7 Å². The van der Waals surface area contributed by atoms with E-state index in [4.69, 9.17) is 4.74 Å². The molecule has 1 aliphatic heterocycles. The molecule has 1 N–H and O–H groups in total. The highest BCUT2D eigenvalue weighted by Crippen LogP contribution is 2.20. The lowest BCUT2D eigenvalue weighted by Gasteiger charge is -2.28. The fourth-order valence-electron chi connectivity index (χ4n) is 3.24. The van der Waals surface area contributed by atoms with Gasteiger partial charge in [-0.15, -0.1) is 0 Å². The van der Waals surface area contributed by atoms with Crippen molar-refractivity contribution in [3.05, 3.63) is 42.5 Å². The van der Waals surface area contributed by atoms with Crippen molar-refractivity contribution < 1.29 is 22.7 Å². The highest BCUT2D eigenvalue weighted by Gasteiger charge is 2.28. The number of hydrogen-bond acceptors (Lipinski definition) is 5. The van der Waals surface area contributed by atoms with Gasteiger partial charge >= 0.3 is 6.18 Å². The molecule has 0 saturated carbocycles. The van der Waals surface area contributed by atoms with Gasteiger partial charge in [0.15, 0.2) is 0 Å². The number of carbonyl (C=O) groups excluding carboxylic acids is 1. The van der Waals surface area contributed by atoms with Gasteiger partial charge in [-0.25, -0.2) is 4.98 Å². The summed E-state index contributed by atoms with van der Waals surface area (Å²) in [6.07, 6.45) is -1.42. The Morgan fingerprint density at radius 2 is 1.93 bits per heavy atom. The van der Waals surface area contributed by atoms with Gasteiger partial charge in [0.25, 0.3) is 0 Å². The minimum absolute atomic E-state index is 0.153. The van der Waals surface area contributed by atoms with Crippen LogP contribution in [0.25, 0.3) is 0 Å². The van der Waals surface area contributed by atoms with E-state index in [1.807, 2.05) is 24.3 Å². The van der Waals surface area contributed by atoms with E-state index in [-0.39, 0.29) is 18.9 Å². The van der Waals surface area contributed by atoms with Gasteiger partial charge in [0, 0.05) is 49.8 Å². The molecule has 0 aliphatic carbocycles. The average molecular weight is 425 g/mol. The number of amides is 1. The molecule has 10 heteroatoms. The van der Waals surface area contributed by atoms with Crippen LogP contribution in [0.3, 0.4) is 0 Å². The number of aromatic nitrogens is 2. The zero-order chi connectivity index (χ0) is 21.6. The molecule has 0 unspecified atom stereocenters. The molecule has 1 aromatic carbocycles. The summed E-state index contributed by atoms with van der Waals surface area (Å²) < 4.78 is 44.2. The SMILES string of the molecule is CN(CCC(=O)Nc1ccc(N2CCOCC2)cc1)Cc1nccn1CC(F)(F)F. The molecule has 1 aliphatic rings. The second-order valence-electron chi connectivity index (χ2n) is 7.27. The normalized spacial score (nSPS) is 14.9. The number of morpholine rings is 1. The highest BCUT2D eigenvalue weighted by molar-refractivity contribution is 5.91. The van der Waals surface area contributed by atoms with Gasteiger partial charge in [-0.3, -0.25) is 9.69 Å². The summed E-state index contributed by atoms with van der Waals surface area (Å²) in [6, 6.07) is 7.65. The molecular formula is C20H26F3N5O2. The number of rotatable bonds is 8. The molecule has 3 rings (SSSR count). The topological polar surface area (TPSA) is 62.6 Å². The lowest BCUT2D eigenvalue weighted by Crippen LogP contribution is -2.36. The van der Waals surface area contributed by atoms with Crippen LogP contribution in [-0.4, -0.2) is 66.4 Å². The van der Waals surface area contributed by atoms with Crippen molar-refractivity contribution in [1.82, 2.24) is 14.5 Å². The standard InChI is InChI=1S/C20H26F3N5O2/c1-26(14-18-24-7-9-28(18)15-20(21,22)23)8-6-19(29)25-16-2-4-17(5-3-16)27-10-12-30-13-11-27/h2-5,7,9H,6,8,10-15H2,1H3,(H,25,29). The van der Waals surface area contributed by atoms with Crippen LogP contribution < -0.4 is 10.2 Å². The number of alkyl halides is 3. The molecule has 2 aromatic rings. The first-order valence-corrected chi connectivity index (χ1v) is 9.78. The predicted molar refractivity (Wildman–Crippen MR) is 107 cm³/mol. The van der Waals surface area contributed by atoms with E-state index >= 15 is 0 Å². The molecule has 7 nitrogen and oxygen atoms in total. The van der Waals surface area contributed by atoms with Crippen molar-refractivity contribution in [3.8, 4) is 0 Å². The lowest BCUT2D eigenvalue weighted by atomic mass is 10.2. The summed E-state index contributed by atoms with van der Waals surface area (Å²) in [5.41, 5.74) is 1.80. The van der Waals surface area contributed by atoms with E-state index < -0.39 is 12.7 Å². The van der Waals surface area contributed by atoms with Crippen molar-refractivity contribution in [2.45, 2.75) is 25.7 Å². The first-order valence-electron chi connectivity index (χ1n) is 9.78. The number of nitrogens with one attached hydrogen (secondary N) is 1. The Balaban J connectivity index is 1.44. The predicted octanol–water partition coefficient (Wildman–Crippen LogP) is 2.74. The molecule has 1 aromatic heterocycles. The largest absolute Gasteiger partial charge is 0.406 e. The van der Waals surface area contributed by atoms with Crippen LogP contribution >= 0.6 is 0 Å². The number of anilines is 2. The molecule has 0 radical (unpaired) electrons. The fraction of sp³-hybridized carbons (Fsp3) is 0.500. The quantitative estimate of drug-likeness (QED) is 0.705. The van der Waals surface area contributed by atoms with Gasteiger partial charge in [-0.2, -0.15) is 13.2 Å². The third-order valence-corrected chi connectivity index (χ3v) is 4.81. The first-order chi connectivity index (χ1) is 14.3. The highest BCUT2D eigenvalue weighted by atomic mass is 19.4. The third-order valence-electron chi connectivity index (χ3n) is 4.81. The first kappa shape index (κ1) is 22.1. The van der Waals surface area contributed by atoms with E-state index in [2.05, 4.69) is 15.2 Å². The van der Waals surface area contributed by atoms with Crippen molar-refractivity contribution in [1.29, 1.82) is 0 Å². The van der Waals surface area contributed by atoms with Crippen LogP contribution in [0.5, 0.6) is 0 Å². The van der Waals surface area contributed by atoms with Gasteiger partial charge in [-0.05, 0) is 31.3 Å². The Bertz CT molecular complexity index is 817. The van der Waals surface area contributed by atoms with E-state index in [1.165, 1.54) is 12.4 Å². The number of ether oxygens (including phenoxy) is 1. The molecular weight excluding hydrogens is 399 g/mol. The number of nitrogens with zero attached hydrogens (tertiary/aromatic N) is 4. The Labute approximate surface area is 173 Å². The van der Waals surface area contributed by atoms with Gasteiger partial charge in [0.05, 0.1) is 19.8 Å². The summed E-state index contributed by atoms with van der Waals surface area (Å²) in [7, 11) is 1.75. The van der Waals surface area contributed by atoms with E-state index in [0.717, 1.165) is 23.3 Å². The minimum atomic E-state index is -4.30. The molecule has 2 heterocycles. The maximum absolute atomic E-state index is 12.6. The second-order valence-corrected chi connectivity index (χ2v) is 7.27. The molecule has 1 saturated heterocycles. The van der Waals surface area contributed by atoms with Crippen molar-refractivity contribution >= 4 is 17.3 Å². The second kappa shape index (κ2) is 9.94. The molecule has 0 spiro atoms. The molecule has 164 valence electrons. The average Bonchev–Trinajstić information content (AvgIpc) is 3.12. The molecule has 0 atom stereocenters. The number of carbonyl (C=O) groups is 1. The van der Waals surface area contributed by atoms with Crippen LogP contribution in [0.2, 0.25) is 0 Å². The van der Waals surface area contributed by atoms with E-state index in [0.29, 0.717) is 31.3 Å². The number of benzene rings is 1. The number of hydrogen-bond donors (Lipinski definition) is 1. The zero-order valence-corrected chi connectivity index (χ0v) is 16.9. The smallest absolute Gasteiger partial charge is 0.378 e. The number of imidazole rings is 1. The van der Waals surface area contributed by atoms with E-state index in [1.54, 1.807) is 11.9 Å². The monoisotopic (exact) mass is 425 g/mol. The van der Waals surface area contributed by atoms with Gasteiger partial charge in [0.1, 0.15) is 12.4 Å². The van der Waals surface area contributed by atoms with Gasteiger partial charge in [-0.1, -0.05) is 0 Å². The molecule has 1 fully saturated rings. The summed E-state index contributed by atoms with van der Waals surface area (Å²) in [6.45, 7) is 2.67. The Morgan fingerprint density at radius 3 is 2.60 bits per heavy atom.